The Hall–Kier alpha value is -5.68. The molecule has 2 aromatic carbocycles. The van der Waals surface area contributed by atoms with Crippen molar-refractivity contribution in [1.82, 2.24) is 20.1 Å². The van der Waals surface area contributed by atoms with Gasteiger partial charge in [0.1, 0.15) is 25.6 Å². The lowest BCUT2D eigenvalue weighted by atomic mass is 10.1. The maximum Gasteiger partial charge on any atom is 0.257 e. The molecule has 7 rings (SSSR count). The summed E-state index contributed by atoms with van der Waals surface area (Å²) in [5.74, 6) is 1.89. The van der Waals surface area contributed by atoms with E-state index in [2.05, 4.69) is 31.3 Å². The Balaban J connectivity index is 0.867. The van der Waals surface area contributed by atoms with Crippen LogP contribution in [0.4, 0.5) is 11.4 Å². The number of carbonyl (C=O) groups excluding carboxylic acids is 3. The summed E-state index contributed by atoms with van der Waals surface area (Å²) >= 11 is 0. The van der Waals surface area contributed by atoms with E-state index in [-0.39, 0.29) is 54.4 Å². The number of benzene rings is 2. The van der Waals surface area contributed by atoms with Gasteiger partial charge in [0.2, 0.25) is 5.91 Å². The monoisotopic (exact) mass is 1100 g/mol. The molecule has 0 saturated carbocycles. The fourth-order valence-corrected chi connectivity index (χ4v) is 11.2. The first kappa shape index (κ1) is 59.0. The zero-order chi connectivity index (χ0) is 54.6. The SMILES string of the molecule is C/C=C1\CC2C=Nc3cc(OCc4cc(OCCOCCOCCOCCOCCOCCNC(=O)CCC(C)(C)SSC)cc(COc5cc6c(cc5OC)C(=O)N5C/C(=C/C)C[C@H]5C=N6)n4)c(OC)cc3C(=O)N2C1. The molecule has 3 amide bonds. The fourth-order valence-electron chi connectivity index (χ4n) is 8.92. The van der Waals surface area contributed by atoms with Crippen LogP contribution in [0.3, 0.4) is 0 Å². The number of aliphatic imine (C=N–C) groups is 2. The van der Waals surface area contributed by atoms with Gasteiger partial charge in [0.15, 0.2) is 23.0 Å². The minimum Gasteiger partial charge on any atom is -0.493 e. The largest absolute Gasteiger partial charge is 0.493 e. The summed E-state index contributed by atoms with van der Waals surface area (Å²) in [6, 6.07) is 10.1. The Morgan fingerprint density at radius 2 is 1.10 bits per heavy atom. The van der Waals surface area contributed by atoms with Gasteiger partial charge in [-0.15, -0.1) is 0 Å². The van der Waals surface area contributed by atoms with Crippen LogP contribution in [0, 0.1) is 0 Å². The van der Waals surface area contributed by atoms with Crippen LogP contribution in [0.15, 0.2) is 69.7 Å². The maximum atomic E-state index is 13.7. The van der Waals surface area contributed by atoms with Crippen molar-refractivity contribution in [3.63, 3.8) is 0 Å². The first-order chi connectivity index (χ1) is 37.4. The van der Waals surface area contributed by atoms with Crippen LogP contribution in [-0.4, -0.2) is 175 Å². The van der Waals surface area contributed by atoms with Gasteiger partial charge >= 0.3 is 0 Å². The standard InChI is InChI=1S/C56H74N6O13S2/c1-8-38-24-42-32-58-47-30-51(49(66-5)28-45(47)54(64)61(42)34-38)74-36-40-26-44(27-41(60-40)37-75-52-31-48-46(29-50(52)67-6)55(65)62-35-39(9-2)25-43(62)33-59-48)73-23-22-72-21-20-71-19-18-70-17-16-69-15-14-68-13-12-57-53(63)10-11-56(3,4)77-76-7/h8-9,26-33,42-43H,10-25,34-37H2,1-7H3,(H,57,63)/b38-8+,39-9+/t42-,43?/m0/s1. The molecule has 1 unspecified atom stereocenters. The third-order valence-corrected chi connectivity index (χ3v) is 15.8. The number of hydrogen-bond acceptors (Lipinski definition) is 18. The Bertz CT molecular complexity index is 2480. The van der Waals surface area contributed by atoms with Gasteiger partial charge in [0.05, 0.1) is 126 Å². The second kappa shape index (κ2) is 29.9. The molecule has 0 aliphatic carbocycles. The predicted octanol–water partition coefficient (Wildman–Crippen LogP) is 8.16. The first-order valence-electron chi connectivity index (χ1n) is 26.1. The number of amides is 3. The van der Waals surface area contributed by atoms with E-state index in [0.717, 1.165) is 19.3 Å². The molecule has 0 bridgehead atoms. The molecule has 2 atom stereocenters. The molecule has 0 spiro atoms. The van der Waals surface area contributed by atoms with Crippen molar-refractivity contribution >= 4 is 63.1 Å². The fraction of sp³-hybridized carbons (Fsp3) is 0.536. The Morgan fingerprint density at radius 3 is 1.55 bits per heavy atom. The molecule has 5 heterocycles. The number of ether oxygens (including phenoxy) is 10. The summed E-state index contributed by atoms with van der Waals surface area (Å²) in [4.78, 5) is 57.5. The highest BCUT2D eigenvalue weighted by Gasteiger charge is 2.36. The van der Waals surface area contributed by atoms with Crippen molar-refractivity contribution in [2.24, 2.45) is 9.98 Å². The lowest BCUT2D eigenvalue weighted by molar-refractivity contribution is -0.121. The molecular formula is C56H74N6O13S2. The van der Waals surface area contributed by atoms with Gasteiger partial charge < -0.3 is 62.5 Å². The molecular weight excluding hydrogens is 1030 g/mol. The minimum absolute atomic E-state index is 0.0160. The molecule has 2 saturated heterocycles. The van der Waals surface area contributed by atoms with E-state index in [1.807, 2.05) is 42.3 Å². The number of methoxy groups -OCH3 is 2. The highest BCUT2D eigenvalue weighted by molar-refractivity contribution is 8.76. The second-order valence-corrected chi connectivity index (χ2v) is 22.1. The Labute approximate surface area is 460 Å². The molecule has 4 aliphatic rings. The van der Waals surface area contributed by atoms with E-state index in [0.29, 0.717) is 155 Å². The van der Waals surface area contributed by atoms with Crippen LogP contribution in [0.25, 0.3) is 0 Å². The molecule has 19 nitrogen and oxygen atoms in total. The summed E-state index contributed by atoms with van der Waals surface area (Å²) in [5, 5.41) is 2.90. The Kier molecular flexibility index (Phi) is 22.9. The average molecular weight is 1100 g/mol. The van der Waals surface area contributed by atoms with Gasteiger partial charge in [0, 0.05) is 67.5 Å². The number of aromatic nitrogens is 1. The molecule has 21 heteroatoms. The molecule has 1 aromatic heterocycles. The molecule has 77 heavy (non-hydrogen) atoms. The van der Waals surface area contributed by atoms with Crippen LogP contribution in [0.2, 0.25) is 0 Å². The van der Waals surface area contributed by atoms with Gasteiger partial charge in [-0.05, 0) is 65.3 Å². The Morgan fingerprint density at radius 1 is 0.649 bits per heavy atom. The smallest absolute Gasteiger partial charge is 0.257 e. The summed E-state index contributed by atoms with van der Waals surface area (Å²) in [6.07, 6.45) is 12.6. The van der Waals surface area contributed by atoms with Crippen LogP contribution in [-0.2, 0) is 41.7 Å². The number of hydrogen-bond donors (Lipinski definition) is 1. The molecule has 418 valence electrons. The maximum absolute atomic E-state index is 13.7. The number of carbonyl (C=O) groups is 3. The summed E-state index contributed by atoms with van der Waals surface area (Å²) in [7, 11) is 6.57. The van der Waals surface area contributed by atoms with E-state index < -0.39 is 0 Å². The zero-order valence-corrected chi connectivity index (χ0v) is 47.1. The van der Waals surface area contributed by atoms with E-state index in [1.54, 1.807) is 58.0 Å². The molecule has 1 N–H and O–H groups in total. The van der Waals surface area contributed by atoms with E-state index >= 15 is 0 Å². The lowest BCUT2D eigenvalue weighted by Crippen LogP contribution is -2.35. The quantitative estimate of drug-likeness (QED) is 0.0356. The van der Waals surface area contributed by atoms with Gasteiger partial charge in [-0.25, -0.2) is 0 Å². The average Bonchev–Trinajstić information content (AvgIpc) is 4.00. The zero-order valence-electron chi connectivity index (χ0n) is 45.4. The number of allylic oxidation sites excluding steroid dienone is 2. The minimum atomic E-state index is -0.119. The van der Waals surface area contributed by atoms with Crippen LogP contribution in [0.5, 0.6) is 28.7 Å². The van der Waals surface area contributed by atoms with Gasteiger partial charge in [-0.2, -0.15) is 0 Å². The van der Waals surface area contributed by atoms with E-state index in [4.69, 9.17) is 62.3 Å². The van der Waals surface area contributed by atoms with E-state index in [1.165, 1.54) is 25.4 Å². The van der Waals surface area contributed by atoms with Crippen molar-refractivity contribution in [2.45, 2.75) is 83.4 Å². The molecule has 0 radical (unpaired) electrons. The second-order valence-electron chi connectivity index (χ2n) is 19.0. The number of nitrogens with one attached hydrogen (secondary N) is 1. The topological polar surface area (TPSA) is 200 Å². The molecule has 3 aromatic rings. The van der Waals surface area contributed by atoms with Crippen LogP contribution < -0.4 is 29.0 Å². The third kappa shape index (κ3) is 17.2. The first-order valence-corrected chi connectivity index (χ1v) is 28.7. The van der Waals surface area contributed by atoms with Gasteiger partial charge in [0.25, 0.3) is 11.8 Å². The van der Waals surface area contributed by atoms with Crippen molar-refractivity contribution in [3.8, 4) is 28.7 Å². The van der Waals surface area contributed by atoms with Gasteiger partial charge in [-0.1, -0.05) is 44.9 Å². The third-order valence-electron chi connectivity index (χ3n) is 13.1. The molecule has 2 fully saturated rings. The van der Waals surface area contributed by atoms with Crippen molar-refractivity contribution in [2.75, 3.05) is 113 Å². The highest BCUT2D eigenvalue weighted by atomic mass is 33.1. The number of rotatable bonds is 32. The highest BCUT2D eigenvalue weighted by Crippen LogP contribution is 2.41. The number of pyridine rings is 1. The van der Waals surface area contributed by atoms with Crippen LogP contribution >= 0.6 is 21.6 Å². The van der Waals surface area contributed by atoms with Crippen LogP contribution in [0.1, 0.15) is 85.5 Å². The number of fused-ring (bicyclic) bond motifs is 4. The predicted molar refractivity (Wildman–Crippen MR) is 299 cm³/mol. The summed E-state index contributed by atoms with van der Waals surface area (Å²) in [6.45, 7) is 14.2. The van der Waals surface area contributed by atoms with Crippen molar-refractivity contribution in [3.05, 3.63) is 82.2 Å². The summed E-state index contributed by atoms with van der Waals surface area (Å²) < 4.78 is 58.6. The van der Waals surface area contributed by atoms with Gasteiger partial charge in [-0.3, -0.25) is 29.4 Å². The summed E-state index contributed by atoms with van der Waals surface area (Å²) in [5.41, 5.74) is 5.33. The normalized spacial score (nSPS) is 17.8. The van der Waals surface area contributed by atoms with Crippen molar-refractivity contribution in [1.29, 1.82) is 0 Å². The van der Waals surface area contributed by atoms with E-state index in [9.17, 15) is 14.4 Å². The lowest BCUT2D eigenvalue weighted by Gasteiger charge is -2.21. The molecule has 4 aliphatic heterocycles. The van der Waals surface area contributed by atoms with Crippen molar-refractivity contribution < 1.29 is 61.8 Å². The number of nitrogens with zero attached hydrogens (tertiary/aromatic N) is 5.